The molecule has 1 saturated heterocycles. The third kappa shape index (κ3) is 5.35. The molecule has 2 rings (SSSR count). The number of carbonyl (C=O) groups excluding carboxylic acids is 1. The molecule has 1 amide bonds. The van der Waals surface area contributed by atoms with Crippen LogP contribution >= 0.6 is 0 Å². The van der Waals surface area contributed by atoms with Crippen molar-refractivity contribution in [3.05, 3.63) is 29.8 Å². The molecule has 1 aliphatic heterocycles. The first-order chi connectivity index (χ1) is 11.8. The first-order valence-corrected chi connectivity index (χ1v) is 7.68. The lowest BCUT2D eigenvalue weighted by Gasteiger charge is -2.28. The third-order valence-electron chi connectivity index (χ3n) is 3.80. The summed E-state index contributed by atoms with van der Waals surface area (Å²) in [7, 11) is 0. The Balaban J connectivity index is 1.97. The highest BCUT2D eigenvalue weighted by atomic mass is 19.4. The second kappa shape index (κ2) is 8.19. The topological polar surface area (TPSA) is 84.9 Å². The molecule has 138 valence electrons. The molecule has 1 aromatic rings. The van der Waals surface area contributed by atoms with Crippen LogP contribution in [0.4, 0.5) is 13.2 Å². The first kappa shape index (κ1) is 19.0. The van der Waals surface area contributed by atoms with Gasteiger partial charge in [0.2, 0.25) is 0 Å². The lowest BCUT2D eigenvalue weighted by atomic mass is 9.93. The number of carboxylic acid groups (broad SMARTS) is 1. The number of halogens is 3. The summed E-state index contributed by atoms with van der Waals surface area (Å²) in [5, 5.41) is 11.5. The van der Waals surface area contributed by atoms with E-state index in [2.05, 4.69) is 5.32 Å². The van der Waals surface area contributed by atoms with E-state index in [1.54, 1.807) is 0 Å². The van der Waals surface area contributed by atoms with Gasteiger partial charge in [-0.05, 0) is 25.0 Å². The largest absolute Gasteiger partial charge is 0.483 e. The smallest absolute Gasteiger partial charge is 0.419 e. The van der Waals surface area contributed by atoms with E-state index >= 15 is 0 Å². The lowest BCUT2D eigenvalue weighted by molar-refractivity contribution is -0.145. The fraction of sp³-hybridized carbons (Fsp3) is 0.500. The Morgan fingerprint density at radius 1 is 1.36 bits per heavy atom. The highest BCUT2D eigenvalue weighted by Crippen LogP contribution is 2.35. The van der Waals surface area contributed by atoms with Crippen LogP contribution in [0.2, 0.25) is 0 Å². The first-order valence-electron chi connectivity index (χ1n) is 7.68. The molecule has 1 fully saturated rings. The van der Waals surface area contributed by atoms with Crippen molar-refractivity contribution in [2.45, 2.75) is 25.1 Å². The zero-order valence-corrected chi connectivity index (χ0v) is 13.2. The number of hydrogen-bond acceptors (Lipinski definition) is 4. The number of alkyl halides is 3. The lowest BCUT2D eigenvalue weighted by Crippen LogP contribution is -2.49. The quantitative estimate of drug-likeness (QED) is 0.810. The molecule has 0 spiro atoms. The molecular formula is C16H18F3NO5. The summed E-state index contributed by atoms with van der Waals surface area (Å²) in [6, 6.07) is 3.32. The van der Waals surface area contributed by atoms with E-state index in [4.69, 9.17) is 9.47 Å². The molecule has 1 aromatic carbocycles. The van der Waals surface area contributed by atoms with Gasteiger partial charge in [0.1, 0.15) is 11.8 Å². The summed E-state index contributed by atoms with van der Waals surface area (Å²) in [6.45, 7) is 0.0214. The number of carbonyl (C=O) groups is 2. The molecule has 0 radical (unpaired) electrons. The molecular weight excluding hydrogens is 343 g/mol. The van der Waals surface area contributed by atoms with Crippen LogP contribution in [0.5, 0.6) is 5.75 Å². The summed E-state index contributed by atoms with van der Waals surface area (Å²) in [4.78, 5) is 23.2. The van der Waals surface area contributed by atoms with Crippen LogP contribution in [0.15, 0.2) is 24.3 Å². The van der Waals surface area contributed by atoms with E-state index in [9.17, 15) is 27.9 Å². The van der Waals surface area contributed by atoms with Crippen LogP contribution in [0.3, 0.4) is 0 Å². The van der Waals surface area contributed by atoms with E-state index < -0.39 is 47.9 Å². The van der Waals surface area contributed by atoms with Gasteiger partial charge in [0.05, 0.1) is 12.2 Å². The van der Waals surface area contributed by atoms with Gasteiger partial charge in [0, 0.05) is 12.5 Å². The van der Waals surface area contributed by atoms with Gasteiger partial charge in [-0.15, -0.1) is 0 Å². The van der Waals surface area contributed by atoms with Crippen LogP contribution in [0.1, 0.15) is 18.4 Å². The minimum atomic E-state index is -4.61. The van der Waals surface area contributed by atoms with Gasteiger partial charge in [-0.2, -0.15) is 13.2 Å². The SMILES string of the molecule is O=C(COc1ccccc1C(F)(F)F)NC(C(=O)O)C1CCCOC1. The molecule has 0 aromatic heterocycles. The van der Waals surface area contributed by atoms with E-state index in [-0.39, 0.29) is 6.61 Å². The van der Waals surface area contributed by atoms with Gasteiger partial charge >= 0.3 is 12.1 Å². The highest BCUT2D eigenvalue weighted by Gasteiger charge is 2.35. The number of rotatable bonds is 6. The molecule has 2 unspecified atom stereocenters. The Labute approximate surface area is 141 Å². The minimum Gasteiger partial charge on any atom is -0.483 e. The fourth-order valence-electron chi connectivity index (χ4n) is 2.59. The zero-order chi connectivity index (χ0) is 18.4. The second-order valence-electron chi connectivity index (χ2n) is 5.64. The molecule has 6 nitrogen and oxygen atoms in total. The zero-order valence-electron chi connectivity index (χ0n) is 13.2. The third-order valence-corrected chi connectivity index (χ3v) is 3.80. The molecule has 0 aliphatic carbocycles. The number of para-hydroxylation sites is 1. The monoisotopic (exact) mass is 361 g/mol. The van der Waals surface area contributed by atoms with Crippen LogP contribution in [-0.4, -0.2) is 42.8 Å². The number of aliphatic carboxylic acids is 1. The predicted molar refractivity (Wildman–Crippen MR) is 80.0 cm³/mol. The number of benzene rings is 1. The maximum absolute atomic E-state index is 12.9. The number of ether oxygens (including phenoxy) is 2. The molecule has 0 bridgehead atoms. The molecule has 2 N–H and O–H groups in total. The Kier molecular flexibility index (Phi) is 6.24. The normalized spacial score (nSPS) is 19.1. The van der Waals surface area contributed by atoms with Crippen molar-refractivity contribution in [3.63, 3.8) is 0 Å². The van der Waals surface area contributed by atoms with Gasteiger partial charge in [0.25, 0.3) is 5.91 Å². The Morgan fingerprint density at radius 2 is 2.08 bits per heavy atom. The molecule has 25 heavy (non-hydrogen) atoms. The van der Waals surface area contributed by atoms with E-state index in [1.165, 1.54) is 12.1 Å². The maximum atomic E-state index is 12.9. The van der Waals surface area contributed by atoms with Crippen LogP contribution in [0.25, 0.3) is 0 Å². The summed E-state index contributed by atoms with van der Waals surface area (Å²) >= 11 is 0. The number of nitrogens with one attached hydrogen (secondary N) is 1. The Bertz CT molecular complexity index is 614. The van der Waals surface area contributed by atoms with E-state index in [1.807, 2.05) is 0 Å². The average molecular weight is 361 g/mol. The molecule has 2 atom stereocenters. The number of amides is 1. The fourth-order valence-corrected chi connectivity index (χ4v) is 2.59. The Morgan fingerprint density at radius 3 is 2.68 bits per heavy atom. The maximum Gasteiger partial charge on any atom is 0.419 e. The van der Waals surface area contributed by atoms with Crippen molar-refractivity contribution in [2.24, 2.45) is 5.92 Å². The number of hydrogen-bond donors (Lipinski definition) is 2. The summed E-state index contributed by atoms with van der Waals surface area (Å²) in [5.41, 5.74) is -1.00. The summed E-state index contributed by atoms with van der Waals surface area (Å²) in [6.07, 6.45) is -3.36. The molecule has 1 aliphatic rings. The van der Waals surface area contributed by atoms with Crippen molar-refractivity contribution < 1.29 is 37.3 Å². The highest BCUT2D eigenvalue weighted by molar-refractivity contribution is 5.84. The van der Waals surface area contributed by atoms with Crippen molar-refractivity contribution in [3.8, 4) is 5.75 Å². The summed E-state index contributed by atoms with van der Waals surface area (Å²) in [5.74, 6) is -2.91. The van der Waals surface area contributed by atoms with Gasteiger partial charge < -0.3 is 19.9 Å². The van der Waals surface area contributed by atoms with Crippen molar-refractivity contribution in [1.29, 1.82) is 0 Å². The van der Waals surface area contributed by atoms with Crippen LogP contribution in [-0.2, 0) is 20.5 Å². The second-order valence-corrected chi connectivity index (χ2v) is 5.64. The van der Waals surface area contributed by atoms with Crippen molar-refractivity contribution in [1.82, 2.24) is 5.32 Å². The molecule has 9 heteroatoms. The van der Waals surface area contributed by atoms with E-state index in [0.717, 1.165) is 12.1 Å². The van der Waals surface area contributed by atoms with Crippen molar-refractivity contribution in [2.75, 3.05) is 19.8 Å². The molecule has 0 saturated carbocycles. The van der Waals surface area contributed by atoms with Gasteiger partial charge in [0.15, 0.2) is 6.61 Å². The van der Waals surface area contributed by atoms with Gasteiger partial charge in [-0.25, -0.2) is 4.79 Å². The summed E-state index contributed by atoms with van der Waals surface area (Å²) < 4.78 is 48.7. The number of carboxylic acids is 1. The predicted octanol–water partition coefficient (Wildman–Crippen LogP) is 2.08. The average Bonchev–Trinajstić information content (AvgIpc) is 2.58. The molecule has 1 heterocycles. The van der Waals surface area contributed by atoms with Crippen LogP contribution in [0, 0.1) is 5.92 Å². The van der Waals surface area contributed by atoms with Gasteiger partial charge in [-0.1, -0.05) is 12.1 Å². The van der Waals surface area contributed by atoms with Crippen LogP contribution < -0.4 is 10.1 Å². The standard InChI is InChI=1S/C16H18F3NO5/c17-16(18,19)11-5-1-2-6-12(11)25-9-13(21)20-14(15(22)23)10-4-3-7-24-8-10/h1-2,5-6,10,14H,3-4,7-9H2,(H,20,21)(H,22,23). The minimum absolute atomic E-state index is 0.203. The van der Waals surface area contributed by atoms with Gasteiger partial charge in [-0.3, -0.25) is 4.79 Å². The Hall–Kier alpha value is -2.29. The van der Waals surface area contributed by atoms with Crippen molar-refractivity contribution >= 4 is 11.9 Å². The van der Waals surface area contributed by atoms with E-state index in [0.29, 0.717) is 19.4 Å².